The highest BCUT2D eigenvalue weighted by Gasteiger charge is 2.18. The molecule has 0 spiro atoms. The van der Waals surface area contributed by atoms with Crippen LogP contribution >= 0.6 is 0 Å². The maximum absolute atomic E-state index is 11.8. The molecule has 5 nitrogen and oxygen atoms in total. The Morgan fingerprint density at radius 3 is 2.44 bits per heavy atom. The summed E-state index contributed by atoms with van der Waals surface area (Å²) in [5.41, 5.74) is 5.71. The third-order valence-corrected chi connectivity index (χ3v) is 2.36. The minimum Gasteiger partial charge on any atom is -0.468 e. The fourth-order valence-corrected chi connectivity index (χ4v) is 1.28. The summed E-state index contributed by atoms with van der Waals surface area (Å²) in [4.78, 5) is 24.4. The number of rotatable bonds is 7. The van der Waals surface area contributed by atoms with Gasteiger partial charge < -0.3 is 15.4 Å². The SMILES string of the molecule is CCCN(CC(=O)OC)C(=O)CC(N)CC. The number of carbonyl (C=O) groups excluding carboxylic acids is 2. The molecule has 0 aliphatic rings. The van der Waals surface area contributed by atoms with E-state index in [9.17, 15) is 9.59 Å². The zero-order valence-corrected chi connectivity index (χ0v) is 10.4. The molecule has 1 amide bonds. The van der Waals surface area contributed by atoms with Gasteiger partial charge in [0, 0.05) is 19.0 Å². The summed E-state index contributed by atoms with van der Waals surface area (Å²) in [6, 6.07) is -0.135. The molecule has 0 aliphatic heterocycles. The summed E-state index contributed by atoms with van der Waals surface area (Å²) < 4.78 is 4.54. The van der Waals surface area contributed by atoms with Crippen molar-refractivity contribution in [3.63, 3.8) is 0 Å². The first-order valence-electron chi connectivity index (χ1n) is 5.65. The van der Waals surface area contributed by atoms with Crippen molar-refractivity contribution in [1.29, 1.82) is 0 Å². The molecule has 0 aliphatic carbocycles. The maximum Gasteiger partial charge on any atom is 0.325 e. The van der Waals surface area contributed by atoms with E-state index in [2.05, 4.69) is 4.74 Å². The standard InChI is InChI=1S/C11H22N2O3/c1-4-6-13(8-11(15)16-3)10(14)7-9(12)5-2/h9H,4-8,12H2,1-3H3. The molecule has 0 saturated carbocycles. The summed E-state index contributed by atoms with van der Waals surface area (Å²) >= 11 is 0. The molecule has 0 radical (unpaired) electrons. The lowest BCUT2D eigenvalue weighted by atomic mass is 10.1. The molecule has 0 aromatic heterocycles. The van der Waals surface area contributed by atoms with Gasteiger partial charge in [-0.3, -0.25) is 9.59 Å². The van der Waals surface area contributed by atoms with Gasteiger partial charge in [-0.05, 0) is 12.8 Å². The Kier molecular flexibility index (Phi) is 7.54. The van der Waals surface area contributed by atoms with Gasteiger partial charge in [0.05, 0.1) is 7.11 Å². The molecule has 0 fully saturated rings. The van der Waals surface area contributed by atoms with Crippen molar-refractivity contribution in [2.24, 2.45) is 5.73 Å². The lowest BCUT2D eigenvalue weighted by molar-refractivity contribution is -0.147. The van der Waals surface area contributed by atoms with Crippen LogP contribution in [0.15, 0.2) is 0 Å². The molecule has 1 unspecified atom stereocenters. The second kappa shape index (κ2) is 8.10. The molecule has 5 heteroatoms. The van der Waals surface area contributed by atoms with Crippen LogP contribution in [0.4, 0.5) is 0 Å². The Balaban J connectivity index is 4.28. The number of amides is 1. The third-order valence-electron chi connectivity index (χ3n) is 2.36. The smallest absolute Gasteiger partial charge is 0.325 e. The number of methoxy groups -OCH3 is 1. The van der Waals surface area contributed by atoms with E-state index in [-0.39, 0.29) is 24.9 Å². The molecule has 0 saturated heterocycles. The largest absolute Gasteiger partial charge is 0.468 e. The minimum atomic E-state index is -0.396. The topological polar surface area (TPSA) is 72.6 Å². The lowest BCUT2D eigenvalue weighted by Crippen LogP contribution is -2.39. The van der Waals surface area contributed by atoms with Gasteiger partial charge >= 0.3 is 5.97 Å². The van der Waals surface area contributed by atoms with Crippen LogP contribution in [-0.4, -0.2) is 43.0 Å². The van der Waals surface area contributed by atoms with Gasteiger partial charge in [0.25, 0.3) is 0 Å². The molecular weight excluding hydrogens is 208 g/mol. The Morgan fingerprint density at radius 1 is 1.38 bits per heavy atom. The van der Waals surface area contributed by atoms with E-state index in [0.29, 0.717) is 6.54 Å². The fourth-order valence-electron chi connectivity index (χ4n) is 1.28. The monoisotopic (exact) mass is 230 g/mol. The summed E-state index contributed by atoms with van der Waals surface area (Å²) in [5.74, 6) is -0.478. The number of carbonyl (C=O) groups is 2. The van der Waals surface area contributed by atoms with Crippen LogP contribution in [-0.2, 0) is 14.3 Å². The average Bonchev–Trinajstić information content (AvgIpc) is 2.27. The lowest BCUT2D eigenvalue weighted by Gasteiger charge is -2.22. The van der Waals surface area contributed by atoms with E-state index in [1.54, 1.807) is 0 Å². The predicted molar refractivity (Wildman–Crippen MR) is 61.8 cm³/mol. The molecular formula is C11H22N2O3. The van der Waals surface area contributed by atoms with Crippen LogP contribution < -0.4 is 5.73 Å². The molecule has 0 heterocycles. The van der Waals surface area contributed by atoms with E-state index < -0.39 is 5.97 Å². The van der Waals surface area contributed by atoms with Crippen molar-refractivity contribution < 1.29 is 14.3 Å². The van der Waals surface area contributed by atoms with Gasteiger partial charge in [0.1, 0.15) is 6.54 Å². The number of nitrogens with zero attached hydrogens (tertiary/aromatic N) is 1. The average molecular weight is 230 g/mol. The zero-order chi connectivity index (χ0) is 12.6. The van der Waals surface area contributed by atoms with Crippen LogP contribution in [0.2, 0.25) is 0 Å². The molecule has 0 bridgehead atoms. The highest BCUT2D eigenvalue weighted by molar-refractivity contribution is 5.82. The van der Waals surface area contributed by atoms with E-state index >= 15 is 0 Å². The number of hydrogen-bond acceptors (Lipinski definition) is 4. The van der Waals surface area contributed by atoms with Crippen LogP contribution in [0.5, 0.6) is 0 Å². The van der Waals surface area contributed by atoms with Gasteiger partial charge in [0.15, 0.2) is 0 Å². The highest BCUT2D eigenvalue weighted by Crippen LogP contribution is 2.02. The number of hydrogen-bond donors (Lipinski definition) is 1. The summed E-state index contributed by atoms with van der Waals surface area (Å²) in [6.45, 7) is 4.46. The van der Waals surface area contributed by atoms with Gasteiger partial charge in [-0.1, -0.05) is 13.8 Å². The van der Waals surface area contributed by atoms with E-state index in [4.69, 9.17) is 5.73 Å². The Bertz CT molecular complexity index is 231. The van der Waals surface area contributed by atoms with Crippen LogP contribution in [0.25, 0.3) is 0 Å². The van der Waals surface area contributed by atoms with E-state index in [1.165, 1.54) is 12.0 Å². The van der Waals surface area contributed by atoms with Crippen molar-refractivity contribution in [1.82, 2.24) is 4.90 Å². The molecule has 0 aromatic carbocycles. The van der Waals surface area contributed by atoms with Crippen molar-refractivity contribution >= 4 is 11.9 Å². The molecule has 1 atom stereocenters. The first-order chi connectivity index (χ1) is 7.54. The summed E-state index contributed by atoms with van der Waals surface area (Å²) in [6.07, 6.45) is 1.85. The van der Waals surface area contributed by atoms with Crippen LogP contribution in [0, 0.1) is 0 Å². The predicted octanol–water partition coefficient (Wildman–Crippen LogP) is 0.525. The number of nitrogens with two attached hydrogens (primary N) is 1. The molecule has 0 aromatic rings. The van der Waals surface area contributed by atoms with Crippen molar-refractivity contribution in [2.45, 2.75) is 39.2 Å². The Morgan fingerprint density at radius 2 is 2.00 bits per heavy atom. The van der Waals surface area contributed by atoms with Crippen molar-refractivity contribution in [2.75, 3.05) is 20.2 Å². The van der Waals surface area contributed by atoms with Crippen LogP contribution in [0.3, 0.4) is 0 Å². The van der Waals surface area contributed by atoms with E-state index in [1.807, 2.05) is 13.8 Å². The third kappa shape index (κ3) is 5.70. The summed E-state index contributed by atoms with van der Waals surface area (Å²) in [5, 5.41) is 0. The highest BCUT2D eigenvalue weighted by atomic mass is 16.5. The first-order valence-corrected chi connectivity index (χ1v) is 5.65. The van der Waals surface area contributed by atoms with Gasteiger partial charge in [-0.25, -0.2) is 0 Å². The Labute approximate surface area is 96.9 Å². The van der Waals surface area contributed by atoms with Gasteiger partial charge in [-0.15, -0.1) is 0 Å². The van der Waals surface area contributed by atoms with Gasteiger partial charge in [-0.2, -0.15) is 0 Å². The second-order valence-electron chi connectivity index (χ2n) is 3.76. The van der Waals surface area contributed by atoms with Crippen LogP contribution in [0.1, 0.15) is 33.1 Å². The summed E-state index contributed by atoms with van der Waals surface area (Å²) in [7, 11) is 1.31. The number of esters is 1. The van der Waals surface area contributed by atoms with Crippen molar-refractivity contribution in [3.8, 4) is 0 Å². The Hall–Kier alpha value is -1.10. The van der Waals surface area contributed by atoms with Crippen molar-refractivity contribution in [3.05, 3.63) is 0 Å². The molecule has 2 N–H and O–H groups in total. The molecule has 16 heavy (non-hydrogen) atoms. The first kappa shape index (κ1) is 14.9. The minimum absolute atomic E-state index is 0.0135. The molecule has 0 rings (SSSR count). The quantitative estimate of drug-likeness (QED) is 0.647. The fraction of sp³-hybridized carbons (Fsp3) is 0.818. The molecule has 94 valence electrons. The van der Waals surface area contributed by atoms with E-state index in [0.717, 1.165) is 12.8 Å². The second-order valence-corrected chi connectivity index (χ2v) is 3.76. The normalized spacial score (nSPS) is 12.0. The zero-order valence-electron chi connectivity index (χ0n) is 10.4. The maximum atomic E-state index is 11.8. The number of ether oxygens (including phenoxy) is 1. The van der Waals surface area contributed by atoms with Gasteiger partial charge in [0.2, 0.25) is 5.91 Å².